The molecule has 0 spiro atoms. The Morgan fingerprint density at radius 3 is 2.35 bits per heavy atom. The Morgan fingerprint density at radius 1 is 1.35 bits per heavy atom. The van der Waals surface area contributed by atoms with E-state index >= 15 is 0 Å². The molecule has 0 atom stereocenters. The predicted octanol–water partition coefficient (Wildman–Crippen LogP) is 2.00. The number of nitrogen functional groups attached to an aromatic ring is 1. The largest absolute Gasteiger partial charge is 0.494 e. The van der Waals surface area contributed by atoms with Crippen LogP contribution in [0, 0.1) is 0 Å². The van der Waals surface area contributed by atoms with Crippen molar-refractivity contribution >= 4 is 36.8 Å². The van der Waals surface area contributed by atoms with Gasteiger partial charge in [0.1, 0.15) is 12.0 Å². The lowest BCUT2D eigenvalue weighted by Gasteiger charge is -2.15. The van der Waals surface area contributed by atoms with Crippen LogP contribution in [0.1, 0.15) is 15.9 Å². The van der Waals surface area contributed by atoms with Gasteiger partial charge in [0.25, 0.3) is 0 Å². The summed E-state index contributed by atoms with van der Waals surface area (Å²) >= 11 is 0. The van der Waals surface area contributed by atoms with E-state index in [0.29, 0.717) is 23.5 Å². The molecule has 0 radical (unpaired) electrons. The van der Waals surface area contributed by atoms with Crippen LogP contribution in [0.4, 0.5) is 5.69 Å². The molecule has 0 aliphatic carbocycles. The maximum atomic E-state index is 10.7. The number of benzene rings is 1. The zero-order valence-electron chi connectivity index (χ0n) is 10.1. The topological polar surface area (TPSA) is 55.6 Å². The molecule has 1 rings (SSSR count). The third-order valence-corrected chi connectivity index (χ3v) is 2.04. The van der Waals surface area contributed by atoms with Gasteiger partial charge in [-0.2, -0.15) is 0 Å². The van der Waals surface area contributed by atoms with Crippen LogP contribution in [0.2, 0.25) is 0 Å². The van der Waals surface area contributed by atoms with Crippen molar-refractivity contribution in [1.82, 2.24) is 4.90 Å². The van der Waals surface area contributed by atoms with Gasteiger partial charge in [0.15, 0.2) is 0 Å². The summed E-state index contributed by atoms with van der Waals surface area (Å²) in [6.45, 7) is 0.690. The fraction of sp³-hybridized carbons (Fsp3) is 0.364. The summed E-state index contributed by atoms with van der Waals surface area (Å²) in [6.07, 6.45) is 0.787. The molecule has 0 aliphatic rings. The molecule has 0 amide bonds. The second-order valence-electron chi connectivity index (χ2n) is 3.66. The van der Waals surface area contributed by atoms with E-state index in [2.05, 4.69) is 0 Å². The lowest BCUT2D eigenvalue weighted by atomic mass is 10.1. The van der Waals surface area contributed by atoms with Gasteiger partial charge < -0.3 is 15.4 Å². The molecule has 0 heterocycles. The number of carbonyl (C=O) groups is 1. The summed E-state index contributed by atoms with van der Waals surface area (Å²) < 4.78 is 5.21. The number of anilines is 1. The number of methoxy groups -OCH3 is 1. The van der Waals surface area contributed by atoms with Gasteiger partial charge in [0.05, 0.1) is 12.8 Å². The monoisotopic (exact) mass is 280 g/mol. The average Bonchev–Trinajstić information content (AvgIpc) is 2.16. The number of ether oxygens (including phenoxy) is 1. The zero-order valence-corrected chi connectivity index (χ0v) is 11.7. The molecule has 98 valence electrons. The smallest absolute Gasteiger partial charge is 0.150 e. The van der Waals surface area contributed by atoms with Crippen molar-refractivity contribution in [3.05, 3.63) is 23.3 Å². The molecular weight excluding hydrogens is 263 g/mol. The molecule has 17 heavy (non-hydrogen) atoms. The molecule has 0 saturated carbocycles. The van der Waals surface area contributed by atoms with Crippen LogP contribution >= 0.6 is 24.8 Å². The molecule has 0 bridgehead atoms. The van der Waals surface area contributed by atoms with Crippen molar-refractivity contribution in [3.8, 4) is 5.75 Å². The van der Waals surface area contributed by atoms with Crippen molar-refractivity contribution in [2.75, 3.05) is 26.9 Å². The summed E-state index contributed by atoms with van der Waals surface area (Å²) in [7, 11) is 5.47. The fourth-order valence-electron chi connectivity index (χ4n) is 1.51. The molecule has 6 heteroatoms. The molecule has 0 aromatic heterocycles. The van der Waals surface area contributed by atoms with Gasteiger partial charge in [-0.1, -0.05) is 0 Å². The van der Waals surface area contributed by atoms with E-state index in [-0.39, 0.29) is 24.8 Å². The number of nitrogens with two attached hydrogens (primary N) is 1. The highest BCUT2D eigenvalue weighted by Gasteiger charge is 2.09. The number of carbonyl (C=O) groups excluding carboxylic acids is 1. The van der Waals surface area contributed by atoms with Crippen LogP contribution in [0.25, 0.3) is 0 Å². The molecule has 1 aromatic rings. The minimum Gasteiger partial charge on any atom is -0.494 e. The van der Waals surface area contributed by atoms with Gasteiger partial charge in [-0.15, -0.1) is 24.8 Å². The van der Waals surface area contributed by atoms with Crippen LogP contribution in [0.15, 0.2) is 12.1 Å². The molecular formula is C11H18Cl2N2O2. The highest BCUT2D eigenvalue weighted by Crippen LogP contribution is 2.28. The van der Waals surface area contributed by atoms with E-state index < -0.39 is 0 Å². The first-order chi connectivity index (χ1) is 7.08. The lowest BCUT2D eigenvalue weighted by Crippen LogP contribution is -2.12. The standard InChI is InChI=1S/C11H16N2O2.2ClH/c1-13(2)6-9-4-8(7-14)5-10(12)11(9)15-3;;/h4-5,7H,6,12H2,1-3H3;2*1H. The third-order valence-electron chi connectivity index (χ3n) is 2.04. The number of rotatable bonds is 4. The number of halogens is 2. The number of hydrogen-bond acceptors (Lipinski definition) is 4. The SMILES string of the molecule is COc1c(N)cc(C=O)cc1CN(C)C.Cl.Cl. The van der Waals surface area contributed by atoms with E-state index in [1.807, 2.05) is 19.0 Å². The molecule has 0 aliphatic heterocycles. The van der Waals surface area contributed by atoms with Crippen molar-refractivity contribution in [3.63, 3.8) is 0 Å². The van der Waals surface area contributed by atoms with Crippen LogP contribution in [-0.2, 0) is 6.54 Å². The molecule has 0 fully saturated rings. The Bertz CT molecular complexity index is 371. The quantitative estimate of drug-likeness (QED) is 0.677. The van der Waals surface area contributed by atoms with Crippen molar-refractivity contribution in [2.24, 2.45) is 0 Å². The normalized spacial score (nSPS) is 9.18. The Labute approximate surface area is 114 Å². The van der Waals surface area contributed by atoms with Crippen LogP contribution in [0.5, 0.6) is 5.75 Å². The zero-order chi connectivity index (χ0) is 11.4. The maximum Gasteiger partial charge on any atom is 0.150 e. The lowest BCUT2D eigenvalue weighted by molar-refractivity contribution is 0.112. The average molecular weight is 281 g/mol. The van der Waals surface area contributed by atoms with Gasteiger partial charge in [0.2, 0.25) is 0 Å². The van der Waals surface area contributed by atoms with Crippen molar-refractivity contribution in [2.45, 2.75) is 6.54 Å². The van der Waals surface area contributed by atoms with Crippen molar-refractivity contribution < 1.29 is 9.53 Å². The van der Waals surface area contributed by atoms with Crippen LogP contribution in [-0.4, -0.2) is 32.4 Å². The van der Waals surface area contributed by atoms with E-state index in [1.54, 1.807) is 19.2 Å². The minimum atomic E-state index is 0. The molecule has 2 N–H and O–H groups in total. The summed E-state index contributed by atoms with van der Waals surface area (Å²) in [5, 5.41) is 0. The Balaban J connectivity index is 0. The highest BCUT2D eigenvalue weighted by atomic mass is 35.5. The Morgan fingerprint density at radius 2 is 1.94 bits per heavy atom. The molecule has 0 unspecified atom stereocenters. The first-order valence-corrected chi connectivity index (χ1v) is 4.64. The number of hydrogen-bond donors (Lipinski definition) is 1. The first-order valence-electron chi connectivity index (χ1n) is 4.64. The fourth-order valence-corrected chi connectivity index (χ4v) is 1.51. The number of nitrogens with zero attached hydrogens (tertiary/aromatic N) is 1. The van der Waals surface area contributed by atoms with E-state index in [0.717, 1.165) is 11.8 Å². The second-order valence-corrected chi connectivity index (χ2v) is 3.66. The Kier molecular flexibility index (Phi) is 8.84. The van der Waals surface area contributed by atoms with Gasteiger partial charge in [-0.3, -0.25) is 4.79 Å². The summed E-state index contributed by atoms with van der Waals surface area (Å²) in [4.78, 5) is 12.7. The van der Waals surface area contributed by atoms with E-state index in [1.165, 1.54) is 0 Å². The molecule has 0 saturated heterocycles. The first kappa shape index (κ1) is 18.4. The molecule has 1 aromatic carbocycles. The van der Waals surface area contributed by atoms with Crippen LogP contribution in [0.3, 0.4) is 0 Å². The third kappa shape index (κ3) is 4.81. The van der Waals surface area contributed by atoms with E-state index in [4.69, 9.17) is 10.5 Å². The van der Waals surface area contributed by atoms with Crippen molar-refractivity contribution in [1.29, 1.82) is 0 Å². The van der Waals surface area contributed by atoms with Gasteiger partial charge in [-0.05, 0) is 26.2 Å². The summed E-state index contributed by atoms with van der Waals surface area (Å²) in [5.74, 6) is 0.648. The van der Waals surface area contributed by atoms with E-state index in [9.17, 15) is 4.79 Å². The summed E-state index contributed by atoms with van der Waals surface area (Å²) in [6, 6.07) is 3.41. The van der Waals surface area contributed by atoms with Gasteiger partial charge >= 0.3 is 0 Å². The number of aldehydes is 1. The molecule has 4 nitrogen and oxygen atoms in total. The van der Waals surface area contributed by atoms with Gasteiger partial charge in [0, 0.05) is 17.7 Å². The summed E-state index contributed by atoms with van der Waals surface area (Å²) in [5.41, 5.74) is 7.78. The predicted molar refractivity (Wildman–Crippen MR) is 74.7 cm³/mol. The maximum absolute atomic E-state index is 10.7. The Hall–Kier alpha value is -0.970. The highest BCUT2D eigenvalue weighted by molar-refractivity contribution is 5.85. The second kappa shape index (κ2) is 8.17. The van der Waals surface area contributed by atoms with Gasteiger partial charge in [-0.25, -0.2) is 0 Å². The minimum absolute atomic E-state index is 0. The van der Waals surface area contributed by atoms with Crippen LogP contribution < -0.4 is 10.5 Å².